The lowest BCUT2D eigenvalue weighted by Crippen LogP contribution is -2.29. The smallest absolute Gasteiger partial charge is 0.256 e. The van der Waals surface area contributed by atoms with Gasteiger partial charge in [-0.1, -0.05) is 12.1 Å². The van der Waals surface area contributed by atoms with Crippen molar-refractivity contribution in [3.63, 3.8) is 0 Å². The van der Waals surface area contributed by atoms with Crippen LogP contribution in [-0.4, -0.2) is 28.3 Å². The monoisotopic (exact) mass is 329 g/mol. The molecule has 0 radical (unpaired) electrons. The van der Waals surface area contributed by atoms with Gasteiger partial charge in [0.05, 0.1) is 17.3 Å². The Hall–Kier alpha value is -2.41. The minimum absolute atomic E-state index is 0.0567. The minimum Gasteiger partial charge on any atom is -0.383 e. The zero-order chi connectivity index (χ0) is 16.8. The van der Waals surface area contributed by atoms with E-state index in [9.17, 15) is 9.18 Å². The summed E-state index contributed by atoms with van der Waals surface area (Å²) in [6.45, 7) is 0.538. The van der Waals surface area contributed by atoms with E-state index in [-0.39, 0.29) is 17.8 Å². The molecule has 0 saturated carbocycles. The third kappa shape index (κ3) is 2.27. The minimum atomic E-state index is -0.450. The van der Waals surface area contributed by atoms with Gasteiger partial charge in [0.15, 0.2) is 0 Å². The highest BCUT2D eigenvalue weighted by Gasteiger charge is 2.32. The molecule has 0 amide bonds. The van der Waals surface area contributed by atoms with Crippen LogP contribution in [0.4, 0.5) is 15.9 Å². The van der Waals surface area contributed by atoms with Crippen molar-refractivity contribution < 1.29 is 9.18 Å². The van der Waals surface area contributed by atoms with Gasteiger partial charge in [-0.3, -0.25) is 4.79 Å². The highest BCUT2D eigenvalue weighted by molar-refractivity contribution is 5.90. The third-order valence-electron chi connectivity index (χ3n) is 4.99. The molecule has 1 aliphatic heterocycles. The summed E-state index contributed by atoms with van der Waals surface area (Å²) in [6, 6.07) is 4.85. The maximum absolute atomic E-state index is 14.0. The zero-order valence-electron chi connectivity index (χ0n) is 13.3. The van der Waals surface area contributed by atoms with Gasteiger partial charge >= 0.3 is 0 Å². The summed E-state index contributed by atoms with van der Waals surface area (Å²) in [5.74, 6) is -0.622. The topological polar surface area (TPSA) is 99.0 Å². The molecule has 1 aromatic carbocycles. The number of nitrogens with two attached hydrogens (primary N) is 2. The Bertz CT molecular complexity index is 816. The van der Waals surface area contributed by atoms with Gasteiger partial charge in [-0.15, -0.1) is 0 Å². The zero-order valence-corrected chi connectivity index (χ0v) is 13.3. The molecule has 5 N–H and O–H groups in total. The Kier molecular flexibility index (Phi) is 3.53. The number of nitrogen functional groups attached to an aromatic ring is 1. The van der Waals surface area contributed by atoms with Crippen LogP contribution in [0.5, 0.6) is 0 Å². The van der Waals surface area contributed by atoms with Crippen molar-refractivity contribution in [2.75, 3.05) is 17.6 Å². The molecule has 1 unspecified atom stereocenters. The molecule has 2 aromatic rings. The number of benzene rings is 1. The summed E-state index contributed by atoms with van der Waals surface area (Å²) in [6.07, 6.45) is 2.81. The van der Waals surface area contributed by atoms with Gasteiger partial charge in [-0.05, 0) is 37.3 Å². The van der Waals surface area contributed by atoms with Crippen LogP contribution in [0.3, 0.4) is 0 Å². The summed E-state index contributed by atoms with van der Waals surface area (Å²) in [5, 5.41) is 7.46. The van der Waals surface area contributed by atoms with E-state index in [0.717, 1.165) is 24.1 Å². The first-order valence-electron chi connectivity index (χ1n) is 8.24. The Labute approximate surface area is 139 Å². The fourth-order valence-electron chi connectivity index (χ4n) is 3.71. The van der Waals surface area contributed by atoms with Crippen molar-refractivity contribution in [1.82, 2.24) is 9.78 Å². The average molecular weight is 329 g/mol. The van der Waals surface area contributed by atoms with Crippen LogP contribution in [0.2, 0.25) is 0 Å². The van der Waals surface area contributed by atoms with Crippen LogP contribution >= 0.6 is 0 Å². The standard InChI is InChI=1S/C17H20FN5O/c18-13-3-1-2-10-11(6-7-21-15(10)13)17(24)23-16(20)12-8-9(19)4-5-14(12)22-23/h1-3,9,11,21H,4-8,19-20H2/t9?,11-/m0/s1. The Morgan fingerprint density at radius 1 is 1.38 bits per heavy atom. The molecule has 2 atom stereocenters. The molecular weight excluding hydrogens is 309 g/mol. The van der Waals surface area contributed by atoms with Gasteiger partial charge < -0.3 is 16.8 Å². The molecular formula is C17H20FN5O. The van der Waals surface area contributed by atoms with Crippen molar-refractivity contribution in [2.24, 2.45) is 5.73 Å². The number of hydrogen-bond acceptors (Lipinski definition) is 5. The fraction of sp³-hybridized carbons (Fsp3) is 0.412. The number of aryl methyl sites for hydroxylation is 1. The second-order valence-electron chi connectivity index (χ2n) is 6.54. The number of halogens is 1. The molecule has 0 saturated heterocycles. The average Bonchev–Trinajstić information content (AvgIpc) is 2.91. The molecule has 1 aliphatic carbocycles. The second-order valence-corrected chi connectivity index (χ2v) is 6.54. The molecule has 7 heteroatoms. The van der Waals surface area contributed by atoms with Gasteiger partial charge in [-0.2, -0.15) is 9.78 Å². The van der Waals surface area contributed by atoms with Gasteiger partial charge in [0.25, 0.3) is 5.91 Å². The molecule has 0 fully saturated rings. The van der Waals surface area contributed by atoms with Gasteiger partial charge in [0.1, 0.15) is 11.6 Å². The number of fused-ring (bicyclic) bond motifs is 2. The van der Waals surface area contributed by atoms with E-state index in [0.29, 0.717) is 36.5 Å². The number of nitrogens with zero attached hydrogens (tertiary/aromatic N) is 2. The molecule has 1 aromatic heterocycles. The molecule has 24 heavy (non-hydrogen) atoms. The van der Waals surface area contributed by atoms with Crippen LogP contribution in [0.15, 0.2) is 18.2 Å². The molecule has 0 spiro atoms. The van der Waals surface area contributed by atoms with E-state index in [2.05, 4.69) is 10.4 Å². The maximum atomic E-state index is 14.0. The number of carbonyl (C=O) groups excluding carboxylic acids is 1. The SMILES string of the molecule is Nc1c2c(nn1C(=O)[C@H]1CCNc3c(F)cccc31)CCC(N)C2. The first-order chi connectivity index (χ1) is 11.6. The van der Waals surface area contributed by atoms with Gasteiger partial charge in [0, 0.05) is 18.2 Å². The van der Waals surface area contributed by atoms with Crippen molar-refractivity contribution in [2.45, 2.75) is 37.6 Å². The number of hydrogen-bond donors (Lipinski definition) is 3. The van der Waals surface area contributed by atoms with Crippen molar-refractivity contribution in [3.05, 3.63) is 40.8 Å². The number of rotatable bonds is 1. The van der Waals surface area contributed by atoms with E-state index < -0.39 is 5.92 Å². The highest BCUT2D eigenvalue weighted by atomic mass is 19.1. The molecule has 4 rings (SSSR count). The number of para-hydroxylation sites is 1. The predicted octanol–water partition coefficient (Wildman–Crippen LogP) is 1.66. The number of nitrogens with one attached hydrogen (secondary N) is 1. The van der Waals surface area contributed by atoms with E-state index in [1.165, 1.54) is 10.7 Å². The lowest BCUT2D eigenvalue weighted by molar-refractivity contribution is 0.0859. The van der Waals surface area contributed by atoms with Crippen molar-refractivity contribution >= 4 is 17.4 Å². The lowest BCUT2D eigenvalue weighted by atomic mass is 9.90. The van der Waals surface area contributed by atoms with Gasteiger partial charge in [0.2, 0.25) is 0 Å². The van der Waals surface area contributed by atoms with E-state index >= 15 is 0 Å². The summed E-state index contributed by atoms with van der Waals surface area (Å²) in [7, 11) is 0. The Balaban J connectivity index is 1.73. The fourth-order valence-corrected chi connectivity index (χ4v) is 3.71. The quantitative estimate of drug-likeness (QED) is 0.739. The lowest BCUT2D eigenvalue weighted by Gasteiger charge is -2.26. The summed E-state index contributed by atoms with van der Waals surface area (Å²) >= 11 is 0. The summed E-state index contributed by atoms with van der Waals surface area (Å²) < 4.78 is 15.3. The highest BCUT2D eigenvalue weighted by Crippen LogP contribution is 2.35. The van der Waals surface area contributed by atoms with Crippen LogP contribution in [-0.2, 0) is 12.8 Å². The number of aromatic nitrogens is 2. The normalized spacial score (nSPS) is 22.4. The first-order valence-corrected chi connectivity index (χ1v) is 8.24. The number of anilines is 2. The largest absolute Gasteiger partial charge is 0.383 e. The van der Waals surface area contributed by atoms with Gasteiger partial charge in [-0.25, -0.2) is 4.39 Å². The van der Waals surface area contributed by atoms with Crippen LogP contribution in [0.25, 0.3) is 0 Å². The maximum Gasteiger partial charge on any atom is 0.256 e. The Morgan fingerprint density at radius 2 is 2.21 bits per heavy atom. The summed E-state index contributed by atoms with van der Waals surface area (Å²) in [4.78, 5) is 13.0. The molecule has 0 bridgehead atoms. The number of carbonyl (C=O) groups is 1. The van der Waals surface area contributed by atoms with Crippen LogP contribution < -0.4 is 16.8 Å². The molecule has 126 valence electrons. The predicted molar refractivity (Wildman–Crippen MR) is 89.5 cm³/mol. The van der Waals surface area contributed by atoms with Crippen LogP contribution in [0, 0.1) is 5.82 Å². The summed E-state index contributed by atoms with van der Waals surface area (Å²) in [5.41, 5.74) is 15.0. The van der Waals surface area contributed by atoms with E-state index in [4.69, 9.17) is 11.5 Å². The third-order valence-corrected chi connectivity index (χ3v) is 4.99. The first kappa shape index (κ1) is 15.1. The van der Waals surface area contributed by atoms with E-state index in [1.54, 1.807) is 12.1 Å². The van der Waals surface area contributed by atoms with Crippen molar-refractivity contribution in [3.8, 4) is 0 Å². The second kappa shape index (κ2) is 5.59. The Morgan fingerprint density at radius 3 is 3.04 bits per heavy atom. The van der Waals surface area contributed by atoms with Crippen LogP contribution in [0.1, 0.15) is 40.4 Å². The molecule has 6 nitrogen and oxygen atoms in total. The molecule has 2 aliphatic rings. The van der Waals surface area contributed by atoms with E-state index in [1.807, 2.05) is 0 Å². The molecule has 2 heterocycles. The van der Waals surface area contributed by atoms with Crippen molar-refractivity contribution in [1.29, 1.82) is 0 Å².